The van der Waals surface area contributed by atoms with Crippen LogP contribution in [0.2, 0.25) is 10.0 Å². The summed E-state index contributed by atoms with van der Waals surface area (Å²) in [6, 6.07) is 5.04. The van der Waals surface area contributed by atoms with E-state index in [-0.39, 0.29) is 0 Å². The fraction of sp³-hybridized carbons (Fsp3) is 0.417. The number of halogens is 2. The Bertz CT molecular complexity index is 437. The van der Waals surface area contributed by atoms with Crippen LogP contribution in [0, 0.1) is 0 Å². The molecule has 5 heteroatoms. The number of hydrogen-bond donors (Lipinski definition) is 1. The van der Waals surface area contributed by atoms with Gasteiger partial charge in [-0.1, -0.05) is 35.3 Å². The molecule has 0 aromatic heterocycles. The van der Waals surface area contributed by atoms with E-state index in [1.165, 1.54) is 0 Å². The Morgan fingerprint density at radius 1 is 1.47 bits per heavy atom. The number of carboxylic acids is 1. The van der Waals surface area contributed by atoms with Crippen molar-refractivity contribution in [3.63, 3.8) is 0 Å². The lowest BCUT2D eigenvalue weighted by molar-refractivity contribution is -0.142. The lowest BCUT2D eigenvalue weighted by atomic mass is 10.2. The summed E-state index contributed by atoms with van der Waals surface area (Å²) in [6.07, 6.45) is 1.61. The molecule has 0 radical (unpaired) electrons. The minimum atomic E-state index is -0.763. The topological polar surface area (TPSA) is 40.5 Å². The highest BCUT2D eigenvalue weighted by Crippen LogP contribution is 2.28. The van der Waals surface area contributed by atoms with Gasteiger partial charge in [0.25, 0.3) is 0 Å². The van der Waals surface area contributed by atoms with Crippen molar-refractivity contribution in [2.45, 2.75) is 25.4 Å². The third-order valence-electron chi connectivity index (χ3n) is 3.05. The van der Waals surface area contributed by atoms with Crippen LogP contribution in [0.5, 0.6) is 0 Å². The molecule has 1 N–H and O–H groups in total. The van der Waals surface area contributed by atoms with Crippen molar-refractivity contribution in [1.29, 1.82) is 0 Å². The van der Waals surface area contributed by atoms with Gasteiger partial charge >= 0.3 is 5.97 Å². The average Bonchev–Trinajstić information content (AvgIpc) is 2.73. The first-order chi connectivity index (χ1) is 8.09. The van der Waals surface area contributed by atoms with Crippen LogP contribution in [0.3, 0.4) is 0 Å². The van der Waals surface area contributed by atoms with E-state index in [0.29, 0.717) is 23.0 Å². The van der Waals surface area contributed by atoms with Crippen LogP contribution in [-0.4, -0.2) is 28.6 Å². The number of likely N-dealkylation sites (tertiary alicyclic amines) is 1. The van der Waals surface area contributed by atoms with Gasteiger partial charge in [-0.25, -0.2) is 0 Å². The molecular weight excluding hydrogens is 261 g/mol. The molecule has 0 saturated carbocycles. The van der Waals surface area contributed by atoms with Gasteiger partial charge in [-0.05, 0) is 31.0 Å². The Morgan fingerprint density at radius 2 is 2.24 bits per heavy atom. The second kappa shape index (κ2) is 5.25. The van der Waals surface area contributed by atoms with Crippen molar-refractivity contribution in [2.75, 3.05) is 6.54 Å². The lowest BCUT2D eigenvalue weighted by Gasteiger charge is -2.21. The SMILES string of the molecule is O=C(O)[C@H]1CCCN1Cc1cccc(Cl)c1Cl. The van der Waals surface area contributed by atoms with Gasteiger partial charge in [-0.2, -0.15) is 0 Å². The zero-order valence-corrected chi connectivity index (χ0v) is 10.7. The molecule has 1 atom stereocenters. The fourth-order valence-corrected chi connectivity index (χ4v) is 2.56. The smallest absolute Gasteiger partial charge is 0.320 e. The fourth-order valence-electron chi connectivity index (χ4n) is 2.18. The minimum absolute atomic E-state index is 0.398. The van der Waals surface area contributed by atoms with Crippen LogP contribution in [0.25, 0.3) is 0 Å². The molecule has 0 amide bonds. The second-order valence-electron chi connectivity index (χ2n) is 4.18. The number of hydrogen-bond acceptors (Lipinski definition) is 2. The third-order valence-corrected chi connectivity index (χ3v) is 3.91. The predicted molar refractivity (Wildman–Crippen MR) is 67.5 cm³/mol. The summed E-state index contributed by atoms with van der Waals surface area (Å²) in [5, 5.41) is 10.1. The summed E-state index contributed by atoms with van der Waals surface area (Å²) in [6.45, 7) is 1.33. The van der Waals surface area contributed by atoms with Crippen molar-refractivity contribution in [3.05, 3.63) is 33.8 Å². The quantitative estimate of drug-likeness (QED) is 0.921. The monoisotopic (exact) mass is 273 g/mol. The minimum Gasteiger partial charge on any atom is -0.480 e. The number of nitrogens with zero attached hydrogens (tertiary/aromatic N) is 1. The van der Waals surface area contributed by atoms with E-state index in [2.05, 4.69) is 0 Å². The molecule has 1 fully saturated rings. The van der Waals surface area contributed by atoms with E-state index >= 15 is 0 Å². The Kier molecular flexibility index (Phi) is 3.92. The molecule has 17 heavy (non-hydrogen) atoms. The average molecular weight is 274 g/mol. The van der Waals surface area contributed by atoms with Gasteiger partial charge in [0, 0.05) is 6.54 Å². The maximum atomic E-state index is 11.1. The standard InChI is InChI=1S/C12H13Cl2NO2/c13-9-4-1-3-8(11(9)14)7-15-6-2-5-10(15)12(16)17/h1,3-4,10H,2,5-7H2,(H,16,17)/t10-/m1/s1. The van der Waals surface area contributed by atoms with Crippen LogP contribution in [0.4, 0.5) is 0 Å². The van der Waals surface area contributed by atoms with E-state index in [1.807, 2.05) is 17.0 Å². The highest BCUT2D eigenvalue weighted by atomic mass is 35.5. The largest absolute Gasteiger partial charge is 0.480 e. The van der Waals surface area contributed by atoms with Crippen molar-refractivity contribution in [3.8, 4) is 0 Å². The molecule has 1 aromatic rings. The van der Waals surface area contributed by atoms with Crippen LogP contribution < -0.4 is 0 Å². The molecule has 1 aromatic carbocycles. The maximum Gasteiger partial charge on any atom is 0.320 e. The Morgan fingerprint density at radius 3 is 2.94 bits per heavy atom. The van der Waals surface area contributed by atoms with Crippen LogP contribution in [0.15, 0.2) is 18.2 Å². The highest BCUT2D eigenvalue weighted by Gasteiger charge is 2.30. The van der Waals surface area contributed by atoms with E-state index in [9.17, 15) is 4.79 Å². The molecule has 0 bridgehead atoms. The summed E-state index contributed by atoms with van der Waals surface area (Å²) in [4.78, 5) is 13.0. The molecule has 3 nitrogen and oxygen atoms in total. The van der Waals surface area contributed by atoms with Crippen LogP contribution in [0.1, 0.15) is 18.4 Å². The van der Waals surface area contributed by atoms with Crippen molar-refractivity contribution in [2.24, 2.45) is 0 Å². The number of aliphatic carboxylic acids is 1. The first-order valence-electron chi connectivity index (χ1n) is 5.49. The number of carboxylic acid groups (broad SMARTS) is 1. The van der Waals surface area contributed by atoms with Crippen LogP contribution in [-0.2, 0) is 11.3 Å². The summed E-state index contributed by atoms with van der Waals surface area (Å²) in [5.74, 6) is -0.763. The van der Waals surface area contributed by atoms with Gasteiger partial charge < -0.3 is 5.11 Å². The Hall–Kier alpha value is -0.770. The van der Waals surface area contributed by atoms with E-state index in [4.69, 9.17) is 28.3 Å². The lowest BCUT2D eigenvalue weighted by Crippen LogP contribution is -2.35. The maximum absolute atomic E-state index is 11.1. The van der Waals surface area contributed by atoms with E-state index < -0.39 is 12.0 Å². The summed E-state index contributed by atoms with van der Waals surface area (Å²) >= 11 is 12.0. The first-order valence-corrected chi connectivity index (χ1v) is 6.25. The molecule has 1 aliphatic rings. The summed E-state index contributed by atoms with van der Waals surface area (Å²) in [5.41, 5.74) is 0.882. The van der Waals surface area contributed by atoms with Gasteiger partial charge in [-0.15, -0.1) is 0 Å². The molecule has 1 saturated heterocycles. The highest BCUT2D eigenvalue weighted by molar-refractivity contribution is 6.42. The summed E-state index contributed by atoms with van der Waals surface area (Å²) in [7, 11) is 0. The zero-order valence-electron chi connectivity index (χ0n) is 9.20. The van der Waals surface area contributed by atoms with Gasteiger partial charge in [0.1, 0.15) is 6.04 Å². The van der Waals surface area contributed by atoms with Crippen LogP contribution >= 0.6 is 23.2 Å². The predicted octanol–water partition coefficient (Wildman–Crippen LogP) is 3.04. The molecule has 0 spiro atoms. The molecular formula is C12H13Cl2NO2. The number of carbonyl (C=O) groups is 1. The van der Waals surface area contributed by atoms with Gasteiger partial charge in [-0.3, -0.25) is 9.69 Å². The normalized spacial score (nSPS) is 20.7. The summed E-state index contributed by atoms with van der Waals surface area (Å²) < 4.78 is 0. The number of rotatable bonds is 3. The molecule has 0 aliphatic carbocycles. The zero-order chi connectivity index (χ0) is 12.4. The van der Waals surface area contributed by atoms with Crippen molar-refractivity contribution < 1.29 is 9.90 Å². The molecule has 2 rings (SSSR count). The first kappa shape index (κ1) is 12.7. The second-order valence-corrected chi connectivity index (χ2v) is 4.96. The molecule has 0 unspecified atom stereocenters. The molecule has 1 heterocycles. The van der Waals surface area contributed by atoms with Gasteiger partial charge in [0.05, 0.1) is 10.0 Å². The third kappa shape index (κ3) is 2.73. The Balaban J connectivity index is 2.15. The van der Waals surface area contributed by atoms with Crippen molar-refractivity contribution >= 4 is 29.2 Å². The van der Waals surface area contributed by atoms with Gasteiger partial charge in [0.2, 0.25) is 0 Å². The van der Waals surface area contributed by atoms with Crippen molar-refractivity contribution in [1.82, 2.24) is 4.90 Å². The van der Waals surface area contributed by atoms with Gasteiger partial charge in [0.15, 0.2) is 0 Å². The Labute approximate surface area is 110 Å². The number of benzene rings is 1. The van der Waals surface area contributed by atoms with E-state index in [0.717, 1.165) is 18.5 Å². The molecule has 1 aliphatic heterocycles. The van der Waals surface area contributed by atoms with E-state index in [1.54, 1.807) is 6.07 Å². The molecule has 92 valence electrons.